The van der Waals surface area contributed by atoms with Crippen molar-refractivity contribution in [3.63, 3.8) is 0 Å². The molecule has 3 N–H and O–H groups in total. The molecule has 19 heavy (non-hydrogen) atoms. The van der Waals surface area contributed by atoms with Crippen LogP contribution in [-0.2, 0) is 4.79 Å². The first-order valence-electron chi connectivity index (χ1n) is 6.30. The number of amides is 2. The lowest BCUT2D eigenvalue weighted by atomic mass is 9.99. The lowest BCUT2D eigenvalue weighted by molar-refractivity contribution is -0.138. The van der Waals surface area contributed by atoms with Gasteiger partial charge in [0.2, 0.25) is 0 Å². The van der Waals surface area contributed by atoms with Gasteiger partial charge in [-0.2, -0.15) is 0 Å². The zero-order valence-corrected chi connectivity index (χ0v) is 11.2. The molecule has 1 aromatic carbocycles. The first-order chi connectivity index (χ1) is 9.00. The number of carboxylic acid groups (broad SMARTS) is 1. The Bertz CT molecular complexity index is 418. The molecule has 1 aromatic rings. The molecular formula is C14H20N2O3. The van der Waals surface area contributed by atoms with E-state index < -0.39 is 11.9 Å². The van der Waals surface area contributed by atoms with E-state index >= 15 is 0 Å². The third-order valence-electron chi connectivity index (χ3n) is 2.64. The van der Waals surface area contributed by atoms with Crippen molar-refractivity contribution in [3.8, 4) is 0 Å². The third-order valence-corrected chi connectivity index (χ3v) is 2.64. The van der Waals surface area contributed by atoms with Crippen LogP contribution in [0.4, 0.5) is 4.79 Å². The maximum atomic E-state index is 11.5. The molecule has 2 amide bonds. The fourth-order valence-electron chi connectivity index (χ4n) is 1.59. The van der Waals surface area contributed by atoms with Crippen molar-refractivity contribution in [3.05, 3.63) is 35.9 Å². The Labute approximate surface area is 113 Å². The predicted molar refractivity (Wildman–Crippen MR) is 73.1 cm³/mol. The van der Waals surface area contributed by atoms with Crippen LogP contribution in [-0.4, -0.2) is 30.2 Å². The van der Waals surface area contributed by atoms with E-state index in [1.807, 2.05) is 19.9 Å². The van der Waals surface area contributed by atoms with Crippen molar-refractivity contribution in [2.75, 3.05) is 13.1 Å². The summed E-state index contributed by atoms with van der Waals surface area (Å²) in [6.45, 7) is 4.62. The molecule has 0 saturated carbocycles. The first-order valence-corrected chi connectivity index (χ1v) is 6.30. The van der Waals surface area contributed by atoms with E-state index in [-0.39, 0.29) is 12.6 Å². The normalized spacial score (nSPS) is 11.9. The maximum absolute atomic E-state index is 11.5. The van der Waals surface area contributed by atoms with Crippen LogP contribution in [0.25, 0.3) is 0 Å². The summed E-state index contributed by atoms with van der Waals surface area (Å²) in [6, 6.07) is 8.54. The zero-order chi connectivity index (χ0) is 14.3. The third kappa shape index (κ3) is 5.42. The summed E-state index contributed by atoms with van der Waals surface area (Å²) in [5.74, 6) is -1.32. The molecule has 1 unspecified atom stereocenters. The second-order valence-electron chi connectivity index (χ2n) is 4.79. The fraction of sp³-hybridized carbons (Fsp3) is 0.429. The minimum absolute atomic E-state index is 0.0727. The number of carbonyl (C=O) groups is 2. The van der Waals surface area contributed by atoms with E-state index in [0.29, 0.717) is 18.0 Å². The highest BCUT2D eigenvalue weighted by Gasteiger charge is 2.20. The number of aliphatic carboxylic acids is 1. The standard InChI is InChI=1S/C14H20N2O3/c1-10(2)8-15-14(19)16-9-12(13(17)18)11-6-4-3-5-7-11/h3-7,10,12H,8-9H2,1-2H3,(H,17,18)(H2,15,16,19). The van der Waals surface area contributed by atoms with Crippen LogP contribution in [0, 0.1) is 5.92 Å². The summed E-state index contributed by atoms with van der Waals surface area (Å²) < 4.78 is 0. The predicted octanol–water partition coefficient (Wildman–Crippen LogP) is 1.81. The number of nitrogens with one attached hydrogen (secondary N) is 2. The minimum atomic E-state index is -0.949. The number of carbonyl (C=O) groups excluding carboxylic acids is 1. The van der Waals surface area contributed by atoms with Gasteiger partial charge >= 0.3 is 12.0 Å². The van der Waals surface area contributed by atoms with Crippen LogP contribution >= 0.6 is 0 Å². The lowest BCUT2D eigenvalue weighted by Crippen LogP contribution is -2.40. The molecule has 0 fully saturated rings. The van der Waals surface area contributed by atoms with Crippen LogP contribution < -0.4 is 10.6 Å². The topological polar surface area (TPSA) is 78.4 Å². The van der Waals surface area contributed by atoms with E-state index in [9.17, 15) is 14.7 Å². The Balaban J connectivity index is 2.52. The smallest absolute Gasteiger partial charge is 0.314 e. The molecule has 0 radical (unpaired) electrons. The molecule has 0 spiro atoms. The van der Waals surface area contributed by atoms with Crippen molar-refractivity contribution in [1.29, 1.82) is 0 Å². The Kier molecular flexibility index (Phi) is 5.85. The molecule has 0 saturated heterocycles. The summed E-state index contributed by atoms with van der Waals surface area (Å²) in [4.78, 5) is 22.7. The summed E-state index contributed by atoms with van der Waals surface area (Å²) >= 11 is 0. The van der Waals surface area contributed by atoms with Gasteiger partial charge in [-0.15, -0.1) is 0 Å². The van der Waals surface area contributed by atoms with Gasteiger partial charge in [-0.05, 0) is 11.5 Å². The number of rotatable bonds is 6. The molecule has 5 heteroatoms. The van der Waals surface area contributed by atoms with Crippen molar-refractivity contribution in [2.45, 2.75) is 19.8 Å². The van der Waals surface area contributed by atoms with Crippen LogP contribution in [0.2, 0.25) is 0 Å². The van der Waals surface area contributed by atoms with Gasteiger partial charge in [0.05, 0.1) is 5.92 Å². The monoisotopic (exact) mass is 264 g/mol. The molecule has 0 bridgehead atoms. The Morgan fingerprint density at radius 2 is 1.68 bits per heavy atom. The highest BCUT2D eigenvalue weighted by atomic mass is 16.4. The summed E-state index contributed by atoms with van der Waals surface area (Å²) in [5, 5.41) is 14.5. The van der Waals surface area contributed by atoms with Crippen molar-refractivity contribution < 1.29 is 14.7 Å². The summed E-state index contributed by atoms with van der Waals surface area (Å²) in [6.07, 6.45) is 0. The summed E-state index contributed by atoms with van der Waals surface area (Å²) in [5.41, 5.74) is 0.680. The average Bonchev–Trinajstić information content (AvgIpc) is 2.37. The number of hydrogen-bond acceptors (Lipinski definition) is 2. The zero-order valence-electron chi connectivity index (χ0n) is 11.2. The van der Waals surface area contributed by atoms with Gasteiger partial charge in [-0.1, -0.05) is 44.2 Å². The molecule has 0 aliphatic heterocycles. The van der Waals surface area contributed by atoms with E-state index in [1.54, 1.807) is 24.3 Å². The highest BCUT2D eigenvalue weighted by molar-refractivity contribution is 5.79. The van der Waals surface area contributed by atoms with Crippen LogP contribution in [0.1, 0.15) is 25.3 Å². The Morgan fingerprint density at radius 3 is 2.21 bits per heavy atom. The largest absolute Gasteiger partial charge is 0.481 e. The van der Waals surface area contributed by atoms with Gasteiger partial charge < -0.3 is 15.7 Å². The van der Waals surface area contributed by atoms with E-state index in [4.69, 9.17) is 0 Å². The van der Waals surface area contributed by atoms with Gasteiger partial charge in [0.15, 0.2) is 0 Å². The fourth-order valence-corrected chi connectivity index (χ4v) is 1.59. The Morgan fingerprint density at radius 1 is 1.11 bits per heavy atom. The quantitative estimate of drug-likeness (QED) is 0.733. The molecular weight excluding hydrogens is 244 g/mol. The average molecular weight is 264 g/mol. The molecule has 0 aliphatic rings. The van der Waals surface area contributed by atoms with Crippen LogP contribution in [0.15, 0.2) is 30.3 Å². The molecule has 0 heterocycles. The lowest BCUT2D eigenvalue weighted by Gasteiger charge is -2.14. The highest BCUT2D eigenvalue weighted by Crippen LogP contribution is 2.14. The second kappa shape index (κ2) is 7.41. The van der Waals surface area contributed by atoms with Gasteiger partial charge in [0.1, 0.15) is 0 Å². The minimum Gasteiger partial charge on any atom is -0.481 e. The van der Waals surface area contributed by atoms with Crippen LogP contribution in [0.5, 0.6) is 0 Å². The van der Waals surface area contributed by atoms with Crippen molar-refractivity contribution in [2.24, 2.45) is 5.92 Å². The molecule has 104 valence electrons. The van der Waals surface area contributed by atoms with E-state index in [2.05, 4.69) is 10.6 Å². The number of hydrogen-bond donors (Lipinski definition) is 3. The number of carboxylic acids is 1. The number of benzene rings is 1. The molecule has 1 atom stereocenters. The summed E-state index contributed by atoms with van der Waals surface area (Å²) in [7, 11) is 0. The van der Waals surface area contributed by atoms with E-state index in [1.165, 1.54) is 0 Å². The first kappa shape index (κ1) is 15.0. The van der Waals surface area contributed by atoms with Gasteiger partial charge in [0, 0.05) is 13.1 Å². The Hall–Kier alpha value is -2.04. The molecule has 5 nitrogen and oxygen atoms in total. The van der Waals surface area contributed by atoms with Crippen molar-refractivity contribution >= 4 is 12.0 Å². The maximum Gasteiger partial charge on any atom is 0.314 e. The van der Waals surface area contributed by atoms with Gasteiger partial charge in [-0.3, -0.25) is 4.79 Å². The van der Waals surface area contributed by atoms with Crippen molar-refractivity contribution in [1.82, 2.24) is 10.6 Å². The van der Waals surface area contributed by atoms with Crippen LogP contribution in [0.3, 0.4) is 0 Å². The molecule has 0 aromatic heterocycles. The molecule has 1 rings (SSSR count). The second-order valence-corrected chi connectivity index (χ2v) is 4.79. The SMILES string of the molecule is CC(C)CNC(=O)NCC(C(=O)O)c1ccccc1. The van der Waals surface area contributed by atoms with E-state index in [0.717, 1.165) is 0 Å². The number of urea groups is 1. The van der Waals surface area contributed by atoms with Gasteiger partial charge in [0.25, 0.3) is 0 Å². The molecule has 0 aliphatic carbocycles. The van der Waals surface area contributed by atoms with Gasteiger partial charge in [-0.25, -0.2) is 4.79 Å².